The third-order valence-corrected chi connectivity index (χ3v) is 10.5. The lowest BCUT2D eigenvalue weighted by molar-refractivity contribution is -0.870. The molecule has 1 unspecified atom stereocenters. The van der Waals surface area contributed by atoms with Gasteiger partial charge in [-0.3, -0.25) is 18.9 Å². The number of aliphatic hydroxyl groups is 1. The molecule has 0 fully saturated rings. The first kappa shape index (κ1) is 56.3. The summed E-state index contributed by atoms with van der Waals surface area (Å²) in [7, 11) is 0.983. The second-order valence-corrected chi connectivity index (χ2v) is 17.7. The summed E-state index contributed by atoms with van der Waals surface area (Å²) in [5.41, 5.74) is 0. The molecule has 0 saturated carbocycles. The fourth-order valence-corrected chi connectivity index (χ4v) is 6.63. The minimum atomic E-state index is -4.71. The summed E-state index contributed by atoms with van der Waals surface area (Å²) >= 11 is 0. The normalized spacial score (nSPS) is 18.3. The van der Waals surface area contributed by atoms with Crippen molar-refractivity contribution in [2.75, 3.05) is 47.5 Å². The maximum Gasteiger partial charge on any atom is 0.306 e. The Hall–Kier alpha value is -3.70. The highest BCUT2D eigenvalue weighted by Crippen LogP contribution is 2.38. The maximum atomic E-state index is 12.8. The molecule has 0 amide bonds. The standard InChI is InChI=1S/C50H78NO10P/c1-6-8-10-11-12-13-14-15-16-17-18-19-20-21-22-23-24-25-30-34-49(54)58-42-46(43-60-62(56,57)59-41-40-51(3,4)5)61-50(55)35-31-27-26-29-32-44-36-39-48(53)47(44)38-37-45(52)33-28-9-7-2/h8,10,12-13,15-16,18-19,21-22,24-26,29,36-39,44-47,52H,6-7,9,11,14,17,20,23,27-28,30-35,40-43H2,1-5H3/b10-8-,13-12-,16-15-,19-18-,22-21-,25-24-,29-26-,38-37+/t44-,45-,46+,47+/m0/s1. The molecule has 0 aliphatic heterocycles. The summed E-state index contributed by atoms with van der Waals surface area (Å²) in [6, 6.07) is 0. The number of phosphoric ester groups is 1. The fourth-order valence-electron chi connectivity index (χ4n) is 5.90. The van der Waals surface area contributed by atoms with E-state index in [-0.39, 0.29) is 43.7 Å². The molecular weight excluding hydrogens is 806 g/mol. The Bertz CT molecular complexity index is 1560. The number of carbonyl (C=O) groups is 3. The van der Waals surface area contributed by atoms with Crippen LogP contribution in [0.3, 0.4) is 0 Å². The summed E-state index contributed by atoms with van der Waals surface area (Å²) in [5.74, 6) is -1.36. The Morgan fingerprint density at radius 2 is 1.37 bits per heavy atom. The summed E-state index contributed by atoms with van der Waals surface area (Å²) in [6.07, 6.45) is 46.2. The van der Waals surface area contributed by atoms with Gasteiger partial charge in [-0.05, 0) is 82.6 Å². The first-order chi connectivity index (χ1) is 29.8. The quantitative estimate of drug-likeness (QED) is 0.0212. The van der Waals surface area contributed by atoms with Crippen LogP contribution in [-0.2, 0) is 37.5 Å². The number of nitrogens with zero attached hydrogens (tertiary/aromatic N) is 1. The van der Waals surface area contributed by atoms with E-state index in [0.717, 1.165) is 57.8 Å². The van der Waals surface area contributed by atoms with E-state index in [1.807, 2.05) is 57.6 Å². The lowest BCUT2D eigenvalue weighted by Gasteiger charge is -2.28. The number of quaternary nitrogens is 1. The Balaban J connectivity index is 2.52. The number of ether oxygens (including phenoxy) is 2. The number of hydrogen-bond donors (Lipinski definition) is 1. The van der Waals surface area contributed by atoms with Gasteiger partial charge in [0.15, 0.2) is 11.9 Å². The Morgan fingerprint density at radius 3 is 1.97 bits per heavy atom. The van der Waals surface area contributed by atoms with E-state index >= 15 is 0 Å². The fraction of sp³-hybridized carbons (Fsp3) is 0.580. The van der Waals surface area contributed by atoms with Crippen LogP contribution in [0.2, 0.25) is 0 Å². The molecule has 0 saturated heterocycles. The summed E-state index contributed by atoms with van der Waals surface area (Å²) in [5, 5.41) is 10.2. The number of ketones is 1. The van der Waals surface area contributed by atoms with Crippen molar-refractivity contribution < 1.29 is 52.0 Å². The zero-order valence-corrected chi connectivity index (χ0v) is 39.3. The molecule has 1 rings (SSSR count). The predicted octanol–water partition coefficient (Wildman–Crippen LogP) is 10.1. The molecule has 62 heavy (non-hydrogen) atoms. The lowest BCUT2D eigenvalue weighted by Crippen LogP contribution is -2.37. The van der Waals surface area contributed by atoms with Gasteiger partial charge in [0.05, 0.1) is 33.9 Å². The van der Waals surface area contributed by atoms with E-state index < -0.39 is 38.6 Å². The number of likely N-dealkylation sites (N-methyl/N-ethyl adjacent to an activating group) is 1. The number of aliphatic hydroxyl groups excluding tert-OH is 1. The Kier molecular flexibility index (Phi) is 32.5. The molecule has 0 aromatic rings. The first-order valence-electron chi connectivity index (χ1n) is 22.6. The topological polar surface area (TPSA) is 148 Å². The SMILES string of the molecule is CC/C=C\C/C=C\C/C=C\C/C=C\C/C=C\C/C=C\CCC(=O)OC[C@H](COP(=O)([O-])OCC[N+](C)(C)C)OC(=O)CCC/C=C\C[C@H]1C=CC(=O)[C@@H]1/C=C/[C@@H](O)CCCCC. The van der Waals surface area contributed by atoms with Crippen LogP contribution >= 0.6 is 7.82 Å². The van der Waals surface area contributed by atoms with E-state index in [4.69, 9.17) is 18.5 Å². The van der Waals surface area contributed by atoms with Crippen LogP contribution in [0.25, 0.3) is 0 Å². The summed E-state index contributed by atoms with van der Waals surface area (Å²) in [4.78, 5) is 50.1. The van der Waals surface area contributed by atoms with Crippen LogP contribution in [0.5, 0.6) is 0 Å². The molecule has 0 spiro atoms. The van der Waals surface area contributed by atoms with Crippen molar-refractivity contribution in [2.45, 2.75) is 129 Å². The van der Waals surface area contributed by atoms with Crippen LogP contribution < -0.4 is 4.89 Å². The van der Waals surface area contributed by atoms with Gasteiger partial charge in [-0.1, -0.05) is 136 Å². The van der Waals surface area contributed by atoms with Crippen LogP contribution in [-0.4, -0.2) is 87.0 Å². The molecular formula is C50H78NO10P. The molecule has 348 valence electrons. The monoisotopic (exact) mass is 884 g/mol. The third kappa shape index (κ3) is 32.9. The van der Waals surface area contributed by atoms with Gasteiger partial charge in [-0.25, -0.2) is 0 Å². The molecule has 0 heterocycles. The van der Waals surface area contributed by atoms with Crippen LogP contribution in [0, 0.1) is 11.8 Å². The van der Waals surface area contributed by atoms with Crippen LogP contribution in [0.4, 0.5) is 0 Å². The second-order valence-electron chi connectivity index (χ2n) is 16.3. The molecule has 0 bridgehead atoms. The number of rotatable bonds is 36. The number of phosphoric acid groups is 1. The van der Waals surface area contributed by atoms with E-state index in [1.165, 1.54) is 0 Å². The molecule has 1 N–H and O–H groups in total. The zero-order chi connectivity index (χ0) is 45.7. The zero-order valence-electron chi connectivity index (χ0n) is 38.4. The van der Waals surface area contributed by atoms with E-state index in [1.54, 1.807) is 12.2 Å². The molecule has 12 heteroatoms. The van der Waals surface area contributed by atoms with Crippen molar-refractivity contribution in [3.05, 3.63) is 109 Å². The van der Waals surface area contributed by atoms with E-state index in [0.29, 0.717) is 43.1 Å². The van der Waals surface area contributed by atoms with Crippen LogP contribution in [0.15, 0.2) is 109 Å². The molecule has 1 aliphatic carbocycles. The van der Waals surface area contributed by atoms with Crippen molar-refractivity contribution in [1.82, 2.24) is 0 Å². The number of esters is 2. The smallest absolute Gasteiger partial charge is 0.306 e. The predicted molar refractivity (Wildman–Crippen MR) is 249 cm³/mol. The number of hydrogen-bond acceptors (Lipinski definition) is 10. The number of carbonyl (C=O) groups excluding carboxylic acids is 3. The highest BCUT2D eigenvalue weighted by molar-refractivity contribution is 7.45. The highest BCUT2D eigenvalue weighted by Gasteiger charge is 2.27. The van der Waals surface area contributed by atoms with Gasteiger partial charge >= 0.3 is 11.9 Å². The number of unbranched alkanes of at least 4 members (excludes halogenated alkanes) is 3. The minimum absolute atomic E-state index is 0.00499. The van der Waals surface area contributed by atoms with Crippen molar-refractivity contribution >= 4 is 25.5 Å². The van der Waals surface area contributed by atoms with Gasteiger partial charge < -0.3 is 33.0 Å². The summed E-state index contributed by atoms with van der Waals surface area (Å²) in [6.45, 7) is 3.66. The molecule has 11 nitrogen and oxygen atoms in total. The highest BCUT2D eigenvalue weighted by atomic mass is 31.2. The largest absolute Gasteiger partial charge is 0.756 e. The molecule has 5 atom stereocenters. The van der Waals surface area contributed by atoms with Crippen LogP contribution in [0.1, 0.15) is 117 Å². The van der Waals surface area contributed by atoms with Gasteiger partial charge in [-0.15, -0.1) is 0 Å². The maximum absolute atomic E-state index is 12.8. The van der Waals surface area contributed by atoms with E-state index in [2.05, 4.69) is 74.6 Å². The summed E-state index contributed by atoms with van der Waals surface area (Å²) < 4.78 is 33.8. The average molecular weight is 884 g/mol. The Morgan fingerprint density at radius 1 is 0.774 bits per heavy atom. The Labute approximate surface area is 373 Å². The minimum Gasteiger partial charge on any atom is -0.756 e. The van der Waals surface area contributed by atoms with Gasteiger partial charge in [0, 0.05) is 18.8 Å². The van der Waals surface area contributed by atoms with Gasteiger partial charge in [0.1, 0.15) is 19.8 Å². The van der Waals surface area contributed by atoms with Crippen molar-refractivity contribution in [2.24, 2.45) is 11.8 Å². The van der Waals surface area contributed by atoms with Gasteiger partial charge in [0.25, 0.3) is 7.82 Å². The molecule has 0 aromatic carbocycles. The van der Waals surface area contributed by atoms with Crippen molar-refractivity contribution in [3.63, 3.8) is 0 Å². The lowest BCUT2D eigenvalue weighted by atomic mass is 9.90. The van der Waals surface area contributed by atoms with E-state index in [9.17, 15) is 28.9 Å². The average Bonchev–Trinajstić information content (AvgIpc) is 3.57. The molecule has 0 aromatic heterocycles. The van der Waals surface area contributed by atoms with Crippen molar-refractivity contribution in [1.29, 1.82) is 0 Å². The van der Waals surface area contributed by atoms with Gasteiger partial charge in [-0.2, -0.15) is 0 Å². The van der Waals surface area contributed by atoms with Crippen molar-refractivity contribution in [3.8, 4) is 0 Å². The second kappa shape index (κ2) is 35.7. The third-order valence-electron chi connectivity index (χ3n) is 9.54. The number of allylic oxidation sites excluding steroid dienone is 17. The molecule has 1 aliphatic rings. The first-order valence-corrected chi connectivity index (χ1v) is 24.1. The molecule has 0 radical (unpaired) electrons. The van der Waals surface area contributed by atoms with Gasteiger partial charge in [0.2, 0.25) is 0 Å².